The fraction of sp³-hybridized carbons (Fsp3) is 0.100. The van der Waals surface area contributed by atoms with Crippen molar-refractivity contribution in [3.8, 4) is 0 Å². The lowest BCUT2D eigenvalue weighted by Gasteiger charge is -2.31. The standard InChI is InChI=1S/C20H16N2O4/c1-20(15-5-3-2-4-6-15,16-7-11-18(12-8-16)21(23)24)17-9-13-19(14-10-17)22(25)26/h2-14H,1H3. The average molecular weight is 348 g/mol. The minimum atomic E-state index is -0.606. The lowest BCUT2D eigenvalue weighted by Crippen LogP contribution is -2.25. The Kier molecular flexibility index (Phi) is 4.49. The number of hydrogen-bond acceptors (Lipinski definition) is 4. The molecule has 0 aliphatic carbocycles. The molecule has 0 aromatic heterocycles. The van der Waals surface area contributed by atoms with Crippen LogP contribution in [-0.2, 0) is 5.41 Å². The van der Waals surface area contributed by atoms with Crippen molar-refractivity contribution < 1.29 is 9.85 Å². The molecule has 130 valence electrons. The summed E-state index contributed by atoms with van der Waals surface area (Å²) < 4.78 is 0. The highest BCUT2D eigenvalue weighted by molar-refractivity contribution is 5.52. The van der Waals surface area contributed by atoms with Gasteiger partial charge in [-0.05, 0) is 23.6 Å². The van der Waals surface area contributed by atoms with Gasteiger partial charge in [-0.25, -0.2) is 0 Å². The van der Waals surface area contributed by atoms with Crippen LogP contribution in [0, 0.1) is 20.2 Å². The van der Waals surface area contributed by atoms with E-state index in [4.69, 9.17) is 0 Å². The number of hydrogen-bond donors (Lipinski definition) is 0. The van der Waals surface area contributed by atoms with E-state index in [1.165, 1.54) is 24.3 Å². The second-order valence-corrected chi connectivity index (χ2v) is 6.10. The average Bonchev–Trinajstić information content (AvgIpc) is 2.68. The molecule has 0 bridgehead atoms. The van der Waals surface area contributed by atoms with E-state index in [1.807, 2.05) is 37.3 Å². The highest BCUT2D eigenvalue weighted by atomic mass is 16.6. The lowest BCUT2D eigenvalue weighted by molar-refractivity contribution is -0.385. The van der Waals surface area contributed by atoms with Crippen LogP contribution >= 0.6 is 0 Å². The minimum Gasteiger partial charge on any atom is -0.258 e. The Labute approximate surface area is 150 Å². The summed E-state index contributed by atoms with van der Waals surface area (Å²) in [6.07, 6.45) is 0. The molecule has 0 fully saturated rings. The molecule has 26 heavy (non-hydrogen) atoms. The zero-order chi connectivity index (χ0) is 18.7. The third-order valence-electron chi connectivity index (χ3n) is 4.66. The van der Waals surface area contributed by atoms with Crippen molar-refractivity contribution in [3.05, 3.63) is 116 Å². The van der Waals surface area contributed by atoms with Gasteiger partial charge < -0.3 is 0 Å². The molecule has 0 saturated carbocycles. The Bertz CT molecular complexity index is 878. The highest BCUT2D eigenvalue weighted by Gasteiger charge is 2.31. The molecule has 0 spiro atoms. The van der Waals surface area contributed by atoms with Crippen LogP contribution in [0.25, 0.3) is 0 Å². The molecule has 6 nitrogen and oxygen atoms in total. The maximum atomic E-state index is 10.9. The summed E-state index contributed by atoms with van der Waals surface area (Å²) in [5.74, 6) is 0. The van der Waals surface area contributed by atoms with Gasteiger partial charge in [-0.1, -0.05) is 54.6 Å². The van der Waals surface area contributed by atoms with Gasteiger partial charge >= 0.3 is 0 Å². The largest absolute Gasteiger partial charge is 0.269 e. The predicted octanol–water partition coefficient (Wildman–Crippen LogP) is 4.86. The van der Waals surface area contributed by atoms with Gasteiger partial charge in [0, 0.05) is 29.7 Å². The molecule has 0 atom stereocenters. The topological polar surface area (TPSA) is 86.3 Å². The number of nitro groups is 2. The zero-order valence-electron chi connectivity index (χ0n) is 14.0. The van der Waals surface area contributed by atoms with Crippen LogP contribution in [0.15, 0.2) is 78.9 Å². The number of benzene rings is 3. The fourth-order valence-electron chi connectivity index (χ4n) is 3.10. The fourth-order valence-corrected chi connectivity index (χ4v) is 3.10. The zero-order valence-corrected chi connectivity index (χ0v) is 14.0. The van der Waals surface area contributed by atoms with Crippen LogP contribution in [0.5, 0.6) is 0 Å². The van der Waals surface area contributed by atoms with Gasteiger partial charge in [0.15, 0.2) is 0 Å². The lowest BCUT2D eigenvalue weighted by atomic mass is 9.71. The molecule has 0 aliphatic rings. The molecule has 0 radical (unpaired) electrons. The van der Waals surface area contributed by atoms with E-state index in [-0.39, 0.29) is 11.4 Å². The molecule has 0 N–H and O–H groups in total. The van der Waals surface area contributed by atoms with Gasteiger partial charge in [0.2, 0.25) is 0 Å². The van der Waals surface area contributed by atoms with Crippen molar-refractivity contribution in [2.24, 2.45) is 0 Å². The van der Waals surface area contributed by atoms with Crippen molar-refractivity contribution in [2.75, 3.05) is 0 Å². The van der Waals surface area contributed by atoms with E-state index in [2.05, 4.69) is 0 Å². The second kappa shape index (κ2) is 6.76. The van der Waals surface area contributed by atoms with Crippen molar-refractivity contribution in [1.82, 2.24) is 0 Å². The SMILES string of the molecule is CC(c1ccccc1)(c1ccc([N+](=O)[O-])cc1)c1ccc([N+](=O)[O-])cc1. The molecule has 0 heterocycles. The molecule has 3 aromatic carbocycles. The van der Waals surface area contributed by atoms with Gasteiger partial charge in [-0.3, -0.25) is 20.2 Å². The van der Waals surface area contributed by atoms with Gasteiger partial charge in [-0.15, -0.1) is 0 Å². The molecule has 3 aromatic rings. The molecule has 0 aliphatic heterocycles. The van der Waals surface area contributed by atoms with E-state index in [0.29, 0.717) is 0 Å². The monoisotopic (exact) mass is 348 g/mol. The van der Waals surface area contributed by atoms with Crippen LogP contribution in [0.1, 0.15) is 23.6 Å². The Morgan fingerprint density at radius 3 is 1.31 bits per heavy atom. The summed E-state index contributed by atoms with van der Waals surface area (Å²) in [7, 11) is 0. The Morgan fingerprint density at radius 2 is 0.962 bits per heavy atom. The first kappa shape index (κ1) is 17.3. The second-order valence-electron chi connectivity index (χ2n) is 6.10. The van der Waals surface area contributed by atoms with E-state index in [1.54, 1.807) is 24.3 Å². The summed E-state index contributed by atoms with van der Waals surface area (Å²) in [6.45, 7) is 2.00. The molecule has 0 unspecified atom stereocenters. The highest BCUT2D eigenvalue weighted by Crippen LogP contribution is 2.39. The predicted molar refractivity (Wildman–Crippen MR) is 98.2 cm³/mol. The van der Waals surface area contributed by atoms with Crippen LogP contribution in [0.2, 0.25) is 0 Å². The molecule has 0 amide bonds. The molecule has 3 rings (SSSR count). The van der Waals surface area contributed by atoms with Gasteiger partial charge in [0.05, 0.1) is 9.85 Å². The number of nitro benzene ring substituents is 2. The van der Waals surface area contributed by atoms with Crippen molar-refractivity contribution in [3.63, 3.8) is 0 Å². The van der Waals surface area contributed by atoms with E-state index < -0.39 is 15.3 Å². The minimum absolute atomic E-state index is 0.0212. The smallest absolute Gasteiger partial charge is 0.258 e. The quantitative estimate of drug-likeness (QED) is 0.374. The van der Waals surface area contributed by atoms with E-state index in [9.17, 15) is 20.2 Å². The maximum absolute atomic E-state index is 10.9. The Morgan fingerprint density at radius 1 is 0.615 bits per heavy atom. The summed E-state index contributed by atoms with van der Waals surface area (Å²) in [4.78, 5) is 21.0. The van der Waals surface area contributed by atoms with Gasteiger partial charge in [-0.2, -0.15) is 0 Å². The van der Waals surface area contributed by atoms with Gasteiger partial charge in [0.1, 0.15) is 0 Å². The maximum Gasteiger partial charge on any atom is 0.269 e. The Balaban J connectivity index is 2.17. The van der Waals surface area contributed by atoms with Crippen LogP contribution in [0.4, 0.5) is 11.4 Å². The first-order valence-corrected chi connectivity index (χ1v) is 7.98. The van der Waals surface area contributed by atoms with Crippen LogP contribution in [-0.4, -0.2) is 9.85 Å². The number of non-ortho nitro benzene ring substituents is 2. The van der Waals surface area contributed by atoms with Crippen molar-refractivity contribution >= 4 is 11.4 Å². The van der Waals surface area contributed by atoms with Crippen LogP contribution < -0.4 is 0 Å². The molecular formula is C20H16N2O4. The summed E-state index contributed by atoms with van der Waals surface area (Å²) in [5, 5.41) is 21.9. The number of rotatable bonds is 5. The normalized spacial score (nSPS) is 11.1. The molecular weight excluding hydrogens is 332 g/mol. The van der Waals surface area contributed by atoms with E-state index in [0.717, 1.165) is 16.7 Å². The third-order valence-corrected chi connectivity index (χ3v) is 4.66. The summed E-state index contributed by atoms with van der Waals surface area (Å²) >= 11 is 0. The van der Waals surface area contributed by atoms with Crippen LogP contribution in [0.3, 0.4) is 0 Å². The molecule has 6 heteroatoms. The first-order valence-electron chi connectivity index (χ1n) is 7.98. The Hall–Kier alpha value is -3.54. The first-order chi connectivity index (χ1) is 12.4. The van der Waals surface area contributed by atoms with Crippen molar-refractivity contribution in [1.29, 1.82) is 0 Å². The summed E-state index contributed by atoms with van der Waals surface area (Å²) in [6, 6.07) is 22.5. The molecule has 0 saturated heterocycles. The van der Waals surface area contributed by atoms with Crippen molar-refractivity contribution in [2.45, 2.75) is 12.3 Å². The van der Waals surface area contributed by atoms with Gasteiger partial charge in [0.25, 0.3) is 11.4 Å². The number of nitrogens with zero attached hydrogens (tertiary/aromatic N) is 2. The van der Waals surface area contributed by atoms with E-state index >= 15 is 0 Å². The summed E-state index contributed by atoms with van der Waals surface area (Å²) in [5.41, 5.74) is 2.15. The third kappa shape index (κ3) is 3.04.